The molecule has 1 heteroatoms. The van der Waals surface area contributed by atoms with Gasteiger partial charge in [-0.1, -0.05) is 152 Å². The normalized spacial score (nSPS) is 12.3. The number of hydrogen-bond donors (Lipinski definition) is 0. The molecule has 0 spiro atoms. The first-order valence-corrected chi connectivity index (χ1v) is 14.6. The molecule has 5 rings (SSSR count). The van der Waals surface area contributed by atoms with Crippen LogP contribution in [0, 0.1) is 0 Å². The van der Waals surface area contributed by atoms with E-state index in [9.17, 15) is 0 Å². The van der Waals surface area contributed by atoms with Crippen molar-refractivity contribution < 1.29 is 4.74 Å². The second-order valence-corrected chi connectivity index (χ2v) is 13.2. The molecule has 1 nitrogen and oxygen atoms in total. The molecule has 0 heterocycles. The van der Waals surface area contributed by atoms with E-state index in [2.05, 4.69) is 146 Å². The van der Waals surface area contributed by atoms with Gasteiger partial charge in [-0.15, -0.1) is 0 Å². The molecule has 0 aromatic heterocycles. The van der Waals surface area contributed by atoms with Crippen molar-refractivity contribution in [3.05, 3.63) is 155 Å². The Balaban J connectivity index is 1.30. The van der Waals surface area contributed by atoms with Crippen LogP contribution in [-0.4, -0.2) is 0 Å². The van der Waals surface area contributed by atoms with E-state index in [-0.39, 0.29) is 16.2 Å². The summed E-state index contributed by atoms with van der Waals surface area (Å²) < 4.78 is 5.99. The molecule has 0 amide bonds. The molecule has 41 heavy (non-hydrogen) atoms. The Morgan fingerprint density at radius 3 is 1.05 bits per heavy atom. The Morgan fingerprint density at radius 2 is 0.659 bits per heavy atom. The maximum absolute atomic E-state index is 5.99. The molecular weight excluding hydrogens is 496 g/mol. The molecule has 5 aromatic rings. The van der Waals surface area contributed by atoms with Gasteiger partial charge in [0.2, 0.25) is 0 Å². The molecule has 0 radical (unpaired) electrons. The number of rotatable bonds is 7. The van der Waals surface area contributed by atoms with E-state index in [0.717, 1.165) is 11.5 Å². The predicted octanol–water partition coefficient (Wildman–Crippen LogP) is 11.1. The van der Waals surface area contributed by atoms with Gasteiger partial charge < -0.3 is 4.74 Å². The minimum atomic E-state index is -0.125. The highest BCUT2D eigenvalue weighted by atomic mass is 16.5. The average Bonchev–Trinajstić information content (AvgIpc) is 2.98. The van der Waals surface area contributed by atoms with Crippen LogP contribution in [0.4, 0.5) is 0 Å². The van der Waals surface area contributed by atoms with E-state index in [0.29, 0.717) is 0 Å². The van der Waals surface area contributed by atoms with Gasteiger partial charge in [0.15, 0.2) is 0 Å². The van der Waals surface area contributed by atoms with Gasteiger partial charge in [0, 0.05) is 10.8 Å². The van der Waals surface area contributed by atoms with Crippen molar-refractivity contribution >= 4 is 0 Å². The second-order valence-electron chi connectivity index (χ2n) is 13.2. The summed E-state index contributed by atoms with van der Waals surface area (Å²) in [6.07, 6.45) is 0. The SMILES string of the molecule is CC(C)(C)c1ccc(C(C)(C)c2ccc(-c3ccc(C(C)(C)c4ccc(Oc5ccccc5)cc4)cc3)cc2)cc1. The lowest BCUT2D eigenvalue weighted by Gasteiger charge is -2.28. The molecule has 0 saturated carbocycles. The molecule has 0 aliphatic carbocycles. The Morgan fingerprint density at radius 1 is 0.341 bits per heavy atom. The van der Waals surface area contributed by atoms with Gasteiger partial charge in [-0.05, 0) is 68.6 Å². The lowest BCUT2D eigenvalue weighted by Crippen LogP contribution is -2.19. The van der Waals surface area contributed by atoms with Crippen LogP contribution in [0.15, 0.2) is 127 Å². The minimum absolute atomic E-state index is 0.0650. The molecule has 0 aliphatic rings. The highest BCUT2D eigenvalue weighted by Gasteiger charge is 2.25. The number of hydrogen-bond acceptors (Lipinski definition) is 1. The summed E-state index contributed by atoms with van der Waals surface area (Å²) in [5.41, 5.74) is 9.01. The van der Waals surface area contributed by atoms with Gasteiger partial charge in [-0.25, -0.2) is 0 Å². The smallest absolute Gasteiger partial charge is 0.127 e. The van der Waals surface area contributed by atoms with Crippen molar-refractivity contribution in [3.8, 4) is 22.6 Å². The predicted molar refractivity (Wildman–Crippen MR) is 174 cm³/mol. The van der Waals surface area contributed by atoms with Gasteiger partial charge in [0.25, 0.3) is 0 Å². The number of ether oxygens (including phenoxy) is 1. The van der Waals surface area contributed by atoms with E-state index >= 15 is 0 Å². The maximum Gasteiger partial charge on any atom is 0.127 e. The Kier molecular flexibility index (Phi) is 7.66. The zero-order valence-corrected chi connectivity index (χ0v) is 25.5. The monoisotopic (exact) mass is 538 g/mol. The first-order chi connectivity index (χ1) is 19.4. The standard InChI is InChI=1S/C40H42O/c1-38(2,3)31-21-23-34(24-22-31)39(4,5)32-17-13-29(14-18-32)30-15-19-33(20-16-30)40(6,7)35-25-27-37(28-26-35)41-36-11-9-8-10-12-36/h8-28H,1-7H3. The van der Waals surface area contributed by atoms with Gasteiger partial charge in [-0.3, -0.25) is 0 Å². The Labute approximate surface area is 246 Å². The molecule has 5 aromatic carbocycles. The molecule has 0 aliphatic heterocycles. The van der Waals surface area contributed by atoms with Crippen LogP contribution in [0.1, 0.15) is 76.3 Å². The summed E-state index contributed by atoms with van der Waals surface area (Å²) in [6.45, 7) is 16.0. The fourth-order valence-electron chi connectivity index (χ4n) is 5.44. The second kappa shape index (κ2) is 11.1. The molecular formula is C40H42O. The van der Waals surface area contributed by atoms with Crippen molar-refractivity contribution in [1.29, 1.82) is 0 Å². The molecule has 0 fully saturated rings. The summed E-state index contributed by atoms with van der Waals surface area (Å²) >= 11 is 0. The van der Waals surface area contributed by atoms with E-state index in [1.165, 1.54) is 38.9 Å². The third kappa shape index (κ3) is 6.15. The van der Waals surface area contributed by atoms with Crippen molar-refractivity contribution in [2.45, 2.75) is 64.7 Å². The largest absolute Gasteiger partial charge is 0.457 e. The average molecular weight is 539 g/mol. The van der Waals surface area contributed by atoms with Crippen molar-refractivity contribution in [2.24, 2.45) is 0 Å². The van der Waals surface area contributed by atoms with Crippen LogP contribution < -0.4 is 4.74 Å². The third-order valence-corrected chi connectivity index (χ3v) is 8.57. The topological polar surface area (TPSA) is 9.23 Å². The fraction of sp³-hybridized carbons (Fsp3) is 0.250. The quantitative estimate of drug-likeness (QED) is 0.200. The van der Waals surface area contributed by atoms with Crippen LogP contribution in [0.3, 0.4) is 0 Å². The molecule has 0 N–H and O–H groups in total. The summed E-state index contributed by atoms with van der Waals surface area (Å²) in [5.74, 6) is 1.70. The fourth-order valence-corrected chi connectivity index (χ4v) is 5.44. The molecule has 0 saturated heterocycles. The highest BCUT2D eigenvalue weighted by Crippen LogP contribution is 2.36. The highest BCUT2D eigenvalue weighted by molar-refractivity contribution is 5.65. The van der Waals surface area contributed by atoms with Crippen molar-refractivity contribution in [3.63, 3.8) is 0 Å². The van der Waals surface area contributed by atoms with Gasteiger partial charge in [-0.2, -0.15) is 0 Å². The first-order valence-electron chi connectivity index (χ1n) is 14.6. The van der Waals surface area contributed by atoms with Gasteiger partial charge in [0.05, 0.1) is 0 Å². The molecule has 0 bridgehead atoms. The van der Waals surface area contributed by atoms with E-state index < -0.39 is 0 Å². The lowest BCUT2D eigenvalue weighted by molar-refractivity contribution is 0.482. The summed E-state index contributed by atoms with van der Waals surface area (Å²) in [6, 6.07) is 45.6. The van der Waals surface area contributed by atoms with Crippen LogP contribution in [0.2, 0.25) is 0 Å². The summed E-state index contributed by atoms with van der Waals surface area (Å²) in [5, 5.41) is 0. The van der Waals surface area contributed by atoms with Crippen LogP contribution >= 0.6 is 0 Å². The van der Waals surface area contributed by atoms with Crippen molar-refractivity contribution in [1.82, 2.24) is 0 Å². The first kappa shape index (κ1) is 28.4. The Bertz CT molecular complexity index is 1560. The number of para-hydroxylation sites is 1. The van der Waals surface area contributed by atoms with E-state index in [4.69, 9.17) is 4.74 Å². The summed E-state index contributed by atoms with van der Waals surface area (Å²) in [7, 11) is 0. The minimum Gasteiger partial charge on any atom is -0.457 e. The molecule has 0 unspecified atom stereocenters. The number of benzene rings is 5. The lowest BCUT2D eigenvalue weighted by atomic mass is 9.76. The molecule has 208 valence electrons. The van der Waals surface area contributed by atoms with Gasteiger partial charge >= 0.3 is 0 Å². The van der Waals surface area contributed by atoms with Crippen LogP contribution in [-0.2, 0) is 16.2 Å². The van der Waals surface area contributed by atoms with Gasteiger partial charge in [0.1, 0.15) is 11.5 Å². The zero-order valence-electron chi connectivity index (χ0n) is 25.5. The Hall–Kier alpha value is -4.10. The summed E-state index contributed by atoms with van der Waals surface area (Å²) in [4.78, 5) is 0. The van der Waals surface area contributed by atoms with Crippen molar-refractivity contribution in [2.75, 3.05) is 0 Å². The zero-order chi connectivity index (χ0) is 29.3. The molecule has 0 atom stereocenters. The van der Waals surface area contributed by atoms with E-state index in [1.807, 2.05) is 30.3 Å². The van der Waals surface area contributed by atoms with Crippen LogP contribution in [0.5, 0.6) is 11.5 Å². The van der Waals surface area contributed by atoms with Crippen LogP contribution in [0.25, 0.3) is 11.1 Å². The third-order valence-electron chi connectivity index (χ3n) is 8.57. The maximum atomic E-state index is 5.99. The van der Waals surface area contributed by atoms with E-state index in [1.54, 1.807) is 0 Å².